The number of ether oxygens (including phenoxy) is 2. The molecule has 5 nitrogen and oxygen atoms in total. The van der Waals surface area contributed by atoms with Gasteiger partial charge in [0.25, 0.3) is 0 Å². The van der Waals surface area contributed by atoms with Gasteiger partial charge in [0.1, 0.15) is 11.5 Å². The number of methoxy groups -OCH3 is 1. The van der Waals surface area contributed by atoms with Crippen LogP contribution in [0.25, 0.3) is 22.4 Å². The van der Waals surface area contributed by atoms with Gasteiger partial charge in [-0.1, -0.05) is 17.7 Å². The Kier molecular flexibility index (Phi) is 8.45. The van der Waals surface area contributed by atoms with Crippen LogP contribution >= 0.6 is 11.6 Å². The fraction of sp³-hybridized carbons (Fsp3) is 0.375. The summed E-state index contributed by atoms with van der Waals surface area (Å²) in [5.41, 5.74) is -2.64. The molecule has 0 aliphatic heterocycles. The van der Waals surface area contributed by atoms with Crippen LogP contribution in [0.1, 0.15) is 30.5 Å². The zero-order valence-electron chi connectivity index (χ0n) is 19.3. The van der Waals surface area contributed by atoms with Gasteiger partial charge in [-0.2, -0.15) is 31.4 Å². The molecule has 0 spiro atoms. The normalized spacial score (nSPS) is 12.2. The fourth-order valence-corrected chi connectivity index (χ4v) is 3.87. The van der Waals surface area contributed by atoms with E-state index in [1.807, 2.05) is 0 Å². The second-order valence-electron chi connectivity index (χ2n) is 7.97. The first-order valence-electron chi connectivity index (χ1n) is 10.8. The lowest BCUT2D eigenvalue weighted by Crippen LogP contribution is -2.06. The third-order valence-corrected chi connectivity index (χ3v) is 5.73. The third-order valence-electron chi connectivity index (χ3n) is 5.40. The van der Waals surface area contributed by atoms with Crippen LogP contribution < -0.4 is 4.74 Å². The van der Waals surface area contributed by atoms with Gasteiger partial charge < -0.3 is 14.6 Å². The molecule has 196 valence electrons. The van der Waals surface area contributed by atoms with Gasteiger partial charge in [0, 0.05) is 26.3 Å². The molecular formula is C24H23ClF6N2O3. The van der Waals surface area contributed by atoms with Crippen LogP contribution in [0.3, 0.4) is 0 Å². The van der Waals surface area contributed by atoms with Crippen molar-refractivity contribution in [2.24, 2.45) is 7.05 Å². The Morgan fingerprint density at radius 3 is 2.25 bits per heavy atom. The van der Waals surface area contributed by atoms with Crippen LogP contribution in [0.4, 0.5) is 26.3 Å². The number of benzene rings is 2. The summed E-state index contributed by atoms with van der Waals surface area (Å²) in [5, 5.41) is 14.0. The Hall–Kier alpha value is -2.92. The summed E-state index contributed by atoms with van der Waals surface area (Å²) in [7, 11) is 2.84. The van der Waals surface area contributed by atoms with E-state index in [0.717, 1.165) is 35.7 Å². The molecule has 0 aliphatic carbocycles. The van der Waals surface area contributed by atoms with Gasteiger partial charge in [0.15, 0.2) is 5.69 Å². The van der Waals surface area contributed by atoms with Crippen LogP contribution in [-0.4, -0.2) is 35.2 Å². The number of hydrogen-bond acceptors (Lipinski definition) is 4. The molecule has 3 aromatic rings. The minimum Gasteiger partial charge on any atom is -0.506 e. The lowest BCUT2D eigenvalue weighted by Gasteiger charge is -2.18. The summed E-state index contributed by atoms with van der Waals surface area (Å²) < 4.78 is 91.7. The number of halogens is 7. The molecule has 0 radical (unpaired) electrons. The number of phenols is 1. The first kappa shape index (κ1) is 27.7. The number of unbranched alkanes of at least 4 members (excludes halogenated alkanes) is 2. The first-order valence-corrected chi connectivity index (χ1v) is 11.2. The topological polar surface area (TPSA) is 56.5 Å². The van der Waals surface area contributed by atoms with Gasteiger partial charge in [0.2, 0.25) is 0 Å². The molecule has 0 atom stereocenters. The highest BCUT2D eigenvalue weighted by molar-refractivity contribution is 6.31. The van der Waals surface area contributed by atoms with Crippen molar-refractivity contribution in [3.63, 3.8) is 0 Å². The van der Waals surface area contributed by atoms with E-state index in [9.17, 15) is 31.4 Å². The van der Waals surface area contributed by atoms with Crippen molar-refractivity contribution < 1.29 is 40.9 Å². The van der Waals surface area contributed by atoms with Gasteiger partial charge >= 0.3 is 12.4 Å². The van der Waals surface area contributed by atoms with E-state index in [1.54, 1.807) is 7.11 Å². The fourth-order valence-electron chi connectivity index (χ4n) is 3.64. The molecule has 0 saturated carbocycles. The van der Waals surface area contributed by atoms with Gasteiger partial charge in [-0.15, -0.1) is 0 Å². The monoisotopic (exact) mass is 536 g/mol. The molecule has 0 fully saturated rings. The van der Waals surface area contributed by atoms with Gasteiger partial charge in [-0.25, -0.2) is 0 Å². The smallest absolute Gasteiger partial charge is 0.435 e. The van der Waals surface area contributed by atoms with Crippen molar-refractivity contribution in [1.29, 1.82) is 0 Å². The number of rotatable bonds is 9. The molecule has 0 amide bonds. The van der Waals surface area contributed by atoms with E-state index >= 15 is 0 Å². The van der Waals surface area contributed by atoms with E-state index < -0.39 is 34.4 Å². The molecule has 12 heteroatoms. The molecular weight excluding hydrogens is 514 g/mol. The summed E-state index contributed by atoms with van der Waals surface area (Å²) in [5.74, 6) is -0.490. The van der Waals surface area contributed by atoms with E-state index in [1.165, 1.54) is 25.2 Å². The highest BCUT2D eigenvalue weighted by atomic mass is 35.5. The molecule has 0 bridgehead atoms. The number of aryl methyl sites for hydroxylation is 1. The predicted molar refractivity (Wildman–Crippen MR) is 122 cm³/mol. The number of nitrogens with zero attached hydrogens (tertiary/aromatic N) is 2. The molecule has 0 saturated heterocycles. The summed E-state index contributed by atoms with van der Waals surface area (Å²) in [6.45, 7) is 0.759. The van der Waals surface area contributed by atoms with E-state index in [4.69, 9.17) is 21.1 Å². The summed E-state index contributed by atoms with van der Waals surface area (Å²) in [6.07, 6.45) is -7.34. The molecule has 3 rings (SSSR count). The molecule has 1 aromatic heterocycles. The predicted octanol–water partition coefficient (Wildman–Crippen LogP) is 7.35. The van der Waals surface area contributed by atoms with E-state index in [-0.39, 0.29) is 34.7 Å². The highest BCUT2D eigenvalue weighted by Crippen LogP contribution is 2.47. The average molecular weight is 537 g/mol. The second kappa shape index (κ2) is 11.0. The largest absolute Gasteiger partial charge is 0.506 e. The second-order valence-corrected chi connectivity index (χ2v) is 8.37. The van der Waals surface area contributed by atoms with E-state index in [2.05, 4.69) is 5.10 Å². The maximum Gasteiger partial charge on any atom is 0.435 e. The zero-order chi connectivity index (χ0) is 26.7. The summed E-state index contributed by atoms with van der Waals surface area (Å²) in [6, 6.07) is 6.53. The van der Waals surface area contributed by atoms with Crippen LogP contribution in [0, 0.1) is 0 Å². The van der Waals surface area contributed by atoms with E-state index in [0.29, 0.717) is 13.0 Å². The van der Waals surface area contributed by atoms with Crippen molar-refractivity contribution in [2.45, 2.75) is 31.6 Å². The minimum atomic E-state index is -4.77. The lowest BCUT2D eigenvalue weighted by atomic mass is 9.97. The maximum absolute atomic E-state index is 13.5. The zero-order valence-corrected chi connectivity index (χ0v) is 20.1. The quantitative estimate of drug-likeness (QED) is 0.229. The minimum absolute atomic E-state index is 0.0635. The molecule has 0 unspecified atom stereocenters. The molecule has 1 heterocycles. The Bertz CT molecular complexity index is 1210. The maximum atomic E-state index is 13.5. The van der Waals surface area contributed by atoms with Crippen LogP contribution in [0.5, 0.6) is 11.5 Å². The average Bonchev–Trinajstić information content (AvgIpc) is 3.18. The van der Waals surface area contributed by atoms with Gasteiger partial charge in [-0.05, 0) is 55.2 Å². The summed E-state index contributed by atoms with van der Waals surface area (Å²) >= 11 is 5.74. The van der Waals surface area contributed by atoms with Crippen molar-refractivity contribution in [2.75, 3.05) is 20.3 Å². The first-order chi connectivity index (χ1) is 16.8. The lowest BCUT2D eigenvalue weighted by molar-refractivity contribution is -0.141. The molecule has 1 N–H and O–H groups in total. The van der Waals surface area contributed by atoms with Crippen molar-refractivity contribution in [1.82, 2.24) is 9.78 Å². The highest BCUT2D eigenvalue weighted by Gasteiger charge is 2.36. The molecule has 0 aliphatic rings. The summed E-state index contributed by atoms with van der Waals surface area (Å²) in [4.78, 5) is 0. The SMILES string of the molecule is COCCCCCOc1ccc(-c2cc(C(F)(F)F)nn2C)c(O)c1-c1ccc(Cl)c(C(F)(F)F)c1. The molecule has 2 aromatic carbocycles. The van der Waals surface area contributed by atoms with Crippen LogP contribution in [0.15, 0.2) is 36.4 Å². The van der Waals surface area contributed by atoms with Crippen molar-refractivity contribution in [3.8, 4) is 33.9 Å². The third kappa shape index (κ3) is 6.25. The van der Waals surface area contributed by atoms with Crippen LogP contribution in [-0.2, 0) is 24.1 Å². The standard InChI is InChI=1S/C24H23ClF6N2O3/c1-33-18(13-20(32-33)24(29,30)31)15-7-9-19(36-11-5-3-4-10-35-2)21(22(15)34)14-6-8-17(25)16(12-14)23(26,27)28/h6-9,12-13,34H,3-5,10-11H2,1-2H3. The van der Waals surface area contributed by atoms with Gasteiger partial charge in [-0.3, -0.25) is 4.68 Å². The van der Waals surface area contributed by atoms with Gasteiger partial charge in [0.05, 0.1) is 28.5 Å². The number of phenolic OH excluding ortho intramolecular Hbond substituents is 1. The number of aromatic nitrogens is 2. The van der Waals surface area contributed by atoms with Crippen LogP contribution in [0.2, 0.25) is 5.02 Å². The molecule has 36 heavy (non-hydrogen) atoms. The number of alkyl halides is 6. The number of hydrogen-bond donors (Lipinski definition) is 1. The number of aromatic hydroxyl groups is 1. The Balaban J connectivity index is 2.10. The Morgan fingerprint density at radius 2 is 1.64 bits per heavy atom. The Labute approximate surface area is 208 Å². The van der Waals surface area contributed by atoms with Crippen molar-refractivity contribution >= 4 is 11.6 Å². The Morgan fingerprint density at radius 1 is 0.944 bits per heavy atom. The van der Waals surface area contributed by atoms with Crippen molar-refractivity contribution in [3.05, 3.63) is 52.7 Å².